The minimum absolute atomic E-state index is 0.225. The fraction of sp³-hybridized carbons (Fsp3) is 0.167. The lowest BCUT2D eigenvalue weighted by atomic mass is 10.1. The molecular formula is C12H8BrClFIS. The van der Waals surface area contributed by atoms with Gasteiger partial charge in [-0.05, 0) is 74.8 Å². The zero-order valence-corrected chi connectivity index (χ0v) is 14.1. The average Bonchev–Trinajstić information content (AvgIpc) is 2.58. The van der Waals surface area contributed by atoms with E-state index in [0.29, 0.717) is 0 Å². The van der Waals surface area contributed by atoms with Crippen LogP contribution < -0.4 is 0 Å². The minimum atomic E-state index is -0.231. The summed E-state index contributed by atoms with van der Waals surface area (Å²) in [6, 6.07) is 6.76. The third-order valence-corrected chi connectivity index (χ3v) is 6.10. The molecule has 1 heterocycles. The molecule has 0 saturated heterocycles. The highest BCUT2D eigenvalue weighted by atomic mass is 127. The quantitative estimate of drug-likeness (QED) is 0.399. The van der Waals surface area contributed by atoms with Crippen LogP contribution >= 0.6 is 61.5 Å². The van der Waals surface area contributed by atoms with Crippen LogP contribution in [0.25, 0.3) is 0 Å². The van der Waals surface area contributed by atoms with E-state index in [4.69, 9.17) is 11.6 Å². The fourth-order valence-electron chi connectivity index (χ4n) is 1.47. The van der Waals surface area contributed by atoms with Crippen molar-refractivity contribution in [3.05, 3.63) is 53.4 Å². The lowest BCUT2D eigenvalue weighted by Crippen LogP contribution is -1.94. The molecule has 1 aromatic heterocycles. The number of hydrogen-bond donors (Lipinski definition) is 0. The Labute approximate surface area is 130 Å². The molecule has 1 atom stereocenters. The summed E-state index contributed by atoms with van der Waals surface area (Å²) in [6.07, 6.45) is 0. The maximum Gasteiger partial charge on any atom is 0.124 e. The first-order valence-electron chi connectivity index (χ1n) is 4.84. The smallest absolute Gasteiger partial charge is 0.124 e. The minimum Gasteiger partial charge on any atom is -0.207 e. The monoisotopic (exact) mass is 444 g/mol. The molecule has 1 unspecified atom stereocenters. The molecule has 0 N–H and O–H groups in total. The van der Waals surface area contributed by atoms with Gasteiger partial charge in [0.1, 0.15) is 5.82 Å². The number of benzene rings is 1. The molecule has 1 aromatic carbocycles. The third-order valence-electron chi connectivity index (χ3n) is 2.36. The van der Waals surface area contributed by atoms with Crippen molar-refractivity contribution in [2.75, 3.05) is 0 Å². The summed E-state index contributed by atoms with van der Waals surface area (Å²) < 4.78 is 15.0. The van der Waals surface area contributed by atoms with Crippen molar-refractivity contribution in [3.63, 3.8) is 0 Å². The van der Waals surface area contributed by atoms with Crippen LogP contribution in [0, 0.1) is 16.3 Å². The number of alkyl halides is 1. The van der Waals surface area contributed by atoms with E-state index in [1.54, 1.807) is 17.4 Å². The molecule has 90 valence electrons. The van der Waals surface area contributed by atoms with Gasteiger partial charge in [0.25, 0.3) is 0 Å². The highest BCUT2D eigenvalue weighted by Crippen LogP contribution is 2.39. The molecule has 0 aliphatic heterocycles. The Morgan fingerprint density at radius 2 is 2.12 bits per heavy atom. The first-order valence-corrected chi connectivity index (χ1v) is 7.96. The second-order valence-electron chi connectivity index (χ2n) is 3.63. The lowest BCUT2D eigenvalue weighted by molar-refractivity contribution is 0.626. The molecule has 0 fully saturated rings. The topological polar surface area (TPSA) is 0 Å². The van der Waals surface area contributed by atoms with Crippen LogP contribution in [-0.2, 0) is 0 Å². The van der Waals surface area contributed by atoms with Crippen molar-refractivity contribution in [1.82, 2.24) is 0 Å². The van der Waals surface area contributed by atoms with Gasteiger partial charge in [-0.2, -0.15) is 0 Å². The fourth-order valence-corrected chi connectivity index (χ4v) is 4.40. The van der Waals surface area contributed by atoms with Crippen LogP contribution in [0.15, 0.2) is 28.1 Å². The Kier molecular flexibility index (Phi) is 4.50. The van der Waals surface area contributed by atoms with Crippen LogP contribution in [0.4, 0.5) is 4.39 Å². The maximum absolute atomic E-state index is 13.0. The first-order chi connectivity index (χ1) is 7.99. The maximum atomic E-state index is 13.0. The van der Waals surface area contributed by atoms with Gasteiger partial charge in [0.2, 0.25) is 0 Å². The SMILES string of the molecule is Cc1cc(C(Cl)c2ccc(F)cc2I)sc1Br. The summed E-state index contributed by atoms with van der Waals surface area (Å²) in [5.74, 6) is -0.231. The lowest BCUT2D eigenvalue weighted by Gasteiger charge is -2.10. The zero-order chi connectivity index (χ0) is 12.6. The Morgan fingerprint density at radius 1 is 1.41 bits per heavy atom. The van der Waals surface area contributed by atoms with Gasteiger partial charge in [0.05, 0.1) is 9.16 Å². The number of aryl methyl sites for hydroxylation is 1. The Hall–Kier alpha value is 0.350. The molecular weight excluding hydrogens is 437 g/mol. The normalized spacial score (nSPS) is 12.8. The predicted molar refractivity (Wildman–Crippen MR) is 83.6 cm³/mol. The van der Waals surface area contributed by atoms with Gasteiger partial charge >= 0.3 is 0 Å². The molecule has 0 aliphatic carbocycles. The van der Waals surface area contributed by atoms with Crippen LogP contribution in [0.2, 0.25) is 0 Å². The van der Waals surface area contributed by atoms with E-state index in [1.165, 1.54) is 17.7 Å². The number of hydrogen-bond acceptors (Lipinski definition) is 1. The summed E-state index contributed by atoms with van der Waals surface area (Å²) in [7, 11) is 0. The van der Waals surface area contributed by atoms with E-state index in [9.17, 15) is 4.39 Å². The Balaban J connectivity index is 2.39. The van der Waals surface area contributed by atoms with Crippen LogP contribution in [0.3, 0.4) is 0 Å². The molecule has 2 rings (SSSR count). The molecule has 2 aromatic rings. The average molecular weight is 446 g/mol. The van der Waals surface area contributed by atoms with Gasteiger partial charge in [-0.1, -0.05) is 6.07 Å². The molecule has 0 nitrogen and oxygen atoms in total. The standard InChI is InChI=1S/C12H8BrClFIS/c1-6-4-10(17-12(6)13)11(14)8-3-2-7(15)5-9(8)16/h2-5,11H,1H3. The Bertz CT molecular complexity index is 536. The van der Waals surface area contributed by atoms with E-state index in [2.05, 4.69) is 44.6 Å². The van der Waals surface area contributed by atoms with Crippen molar-refractivity contribution in [2.45, 2.75) is 12.3 Å². The van der Waals surface area contributed by atoms with Gasteiger partial charge < -0.3 is 0 Å². The molecule has 0 spiro atoms. The zero-order valence-electron chi connectivity index (χ0n) is 8.81. The van der Waals surface area contributed by atoms with Gasteiger partial charge in [-0.25, -0.2) is 4.39 Å². The predicted octanol–water partition coefficient (Wildman–Crippen LogP) is 5.89. The van der Waals surface area contributed by atoms with Crippen molar-refractivity contribution in [3.8, 4) is 0 Å². The molecule has 5 heteroatoms. The van der Waals surface area contributed by atoms with Gasteiger partial charge in [0.15, 0.2) is 0 Å². The van der Waals surface area contributed by atoms with E-state index < -0.39 is 0 Å². The highest BCUT2D eigenvalue weighted by molar-refractivity contribution is 14.1. The van der Waals surface area contributed by atoms with Gasteiger partial charge in [-0.15, -0.1) is 22.9 Å². The number of rotatable bonds is 2. The number of halogens is 4. The largest absolute Gasteiger partial charge is 0.207 e. The first kappa shape index (κ1) is 13.8. The van der Waals surface area contributed by atoms with Crippen molar-refractivity contribution >= 4 is 61.5 Å². The summed E-state index contributed by atoms with van der Waals surface area (Å²) in [5.41, 5.74) is 2.12. The Morgan fingerprint density at radius 3 is 2.65 bits per heavy atom. The molecule has 0 radical (unpaired) electrons. The summed E-state index contributed by atoms with van der Waals surface area (Å²) in [6.45, 7) is 2.03. The van der Waals surface area contributed by atoms with Crippen molar-refractivity contribution < 1.29 is 4.39 Å². The number of thiophene rings is 1. The van der Waals surface area contributed by atoms with E-state index in [-0.39, 0.29) is 11.2 Å². The summed E-state index contributed by atoms with van der Waals surface area (Å²) >= 11 is 13.7. The summed E-state index contributed by atoms with van der Waals surface area (Å²) in [5, 5.41) is -0.225. The van der Waals surface area contributed by atoms with Gasteiger partial charge in [0, 0.05) is 8.45 Å². The third kappa shape index (κ3) is 3.03. The van der Waals surface area contributed by atoms with Crippen molar-refractivity contribution in [2.24, 2.45) is 0 Å². The van der Waals surface area contributed by atoms with Gasteiger partial charge in [-0.3, -0.25) is 0 Å². The van der Waals surface area contributed by atoms with Crippen LogP contribution in [0.1, 0.15) is 21.4 Å². The second-order valence-corrected chi connectivity index (χ2v) is 7.63. The highest BCUT2D eigenvalue weighted by Gasteiger charge is 2.17. The van der Waals surface area contributed by atoms with Crippen molar-refractivity contribution in [1.29, 1.82) is 0 Å². The van der Waals surface area contributed by atoms with Crippen LogP contribution in [0.5, 0.6) is 0 Å². The molecule has 0 saturated carbocycles. The summed E-state index contributed by atoms with van der Waals surface area (Å²) in [4.78, 5) is 1.07. The van der Waals surface area contributed by atoms with E-state index >= 15 is 0 Å². The van der Waals surface area contributed by atoms with Crippen LogP contribution in [-0.4, -0.2) is 0 Å². The second kappa shape index (κ2) is 5.55. The molecule has 0 amide bonds. The van der Waals surface area contributed by atoms with E-state index in [0.717, 1.165) is 17.8 Å². The van der Waals surface area contributed by atoms with E-state index in [1.807, 2.05) is 6.92 Å². The molecule has 0 bridgehead atoms. The molecule has 17 heavy (non-hydrogen) atoms. The molecule has 0 aliphatic rings.